The highest BCUT2D eigenvalue weighted by Crippen LogP contribution is 2.16. The molecule has 0 aliphatic carbocycles. The van der Waals surface area contributed by atoms with Crippen molar-refractivity contribution in [2.75, 3.05) is 13.1 Å². The lowest BCUT2D eigenvalue weighted by molar-refractivity contribution is -0.419. The van der Waals surface area contributed by atoms with Crippen LogP contribution in [0.25, 0.3) is 0 Å². The van der Waals surface area contributed by atoms with E-state index in [0.29, 0.717) is 24.8 Å². The van der Waals surface area contributed by atoms with E-state index < -0.39 is 10.6 Å². The number of pyridine rings is 1. The summed E-state index contributed by atoms with van der Waals surface area (Å²) in [6, 6.07) is 3.44. The first-order valence-corrected chi connectivity index (χ1v) is 5.92. The second-order valence-electron chi connectivity index (χ2n) is 3.95. The zero-order valence-electron chi connectivity index (χ0n) is 9.88. The van der Waals surface area contributed by atoms with Crippen LogP contribution in [0.3, 0.4) is 0 Å². The average molecular weight is 283 g/mol. The van der Waals surface area contributed by atoms with Gasteiger partial charge in [-0.15, -0.1) is 0 Å². The maximum atomic E-state index is 10.8. The molecule has 8 heteroatoms. The lowest BCUT2D eigenvalue weighted by atomic mass is 10.2. The van der Waals surface area contributed by atoms with Crippen LogP contribution in [-0.2, 0) is 11.3 Å². The summed E-state index contributed by atoms with van der Waals surface area (Å²) in [6.45, 7) is 1.57. The number of nitrogens with one attached hydrogen (secondary N) is 1. The molecule has 1 saturated heterocycles. The van der Waals surface area contributed by atoms with Crippen molar-refractivity contribution >= 4 is 17.9 Å². The summed E-state index contributed by atoms with van der Waals surface area (Å²) in [6.07, 6.45) is 1.85. The number of allylic oxidation sites excluding steroid dienone is 1. The maximum Gasteiger partial charge on any atom is 0.348 e. The molecule has 1 aliphatic heterocycles. The van der Waals surface area contributed by atoms with Crippen LogP contribution in [0, 0.1) is 10.1 Å². The highest BCUT2D eigenvalue weighted by Gasteiger charge is 2.27. The Morgan fingerprint density at radius 1 is 1.63 bits per heavy atom. The molecule has 2 rings (SSSR count). The van der Waals surface area contributed by atoms with E-state index in [-0.39, 0.29) is 12.1 Å². The van der Waals surface area contributed by atoms with E-state index >= 15 is 0 Å². The number of rotatable bonds is 4. The van der Waals surface area contributed by atoms with Crippen LogP contribution in [0.2, 0.25) is 5.15 Å². The van der Waals surface area contributed by atoms with Gasteiger partial charge in [0.15, 0.2) is 5.82 Å². The van der Waals surface area contributed by atoms with E-state index in [4.69, 9.17) is 11.6 Å². The zero-order chi connectivity index (χ0) is 13.8. The van der Waals surface area contributed by atoms with E-state index in [1.54, 1.807) is 23.2 Å². The predicted molar refractivity (Wildman–Crippen MR) is 67.7 cm³/mol. The van der Waals surface area contributed by atoms with Gasteiger partial charge in [0.1, 0.15) is 5.15 Å². The minimum Gasteiger partial charge on any atom is -0.364 e. The maximum absolute atomic E-state index is 10.8. The van der Waals surface area contributed by atoms with Gasteiger partial charge in [0, 0.05) is 25.8 Å². The second-order valence-corrected chi connectivity index (χ2v) is 4.33. The van der Waals surface area contributed by atoms with Gasteiger partial charge in [0.25, 0.3) is 0 Å². The van der Waals surface area contributed by atoms with Crippen molar-refractivity contribution in [3.05, 3.63) is 50.7 Å². The van der Waals surface area contributed by atoms with Crippen molar-refractivity contribution < 1.29 is 9.72 Å². The number of carbonyl (C=O) groups is 1. The van der Waals surface area contributed by atoms with E-state index in [1.807, 2.05) is 0 Å². The Morgan fingerprint density at radius 3 is 3.00 bits per heavy atom. The molecule has 0 atom stereocenters. The molecule has 1 fully saturated rings. The highest BCUT2D eigenvalue weighted by molar-refractivity contribution is 6.29. The molecule has 19 heavy (non-hydrogen) atoms. The molecule has 7 nitrogen and oxygen atoms in total. The number of halogens is 1. The van der Waals surface area contributed by atoms with Crippen LogP contribution in [-0.4, -0.2) is 34.2 Å². The normalized spacial score (nSPS) is 17.0. The first kappa shape index (κ1) is 13.3. The summed E-state index contributed by atoms with van der Waals surface area (Å²) in [5, 5.41) is 14.0. The van der Waals surface area contributed by atoms with Crippen LogP contribution < -0.4 is 5.32 Å². The molecule has 0 aromatic carbocycles. The quantitative estimate of drug-likeness (QED) is 0.289. The van der Waals surface area contributed by atoms with E-state index in [2.05, 4.69) is 10.3 Å². The minimum absolute atomic E-state index is 0.245. The Balaban J connectivity index is 2.22. The SMILES string of the molecule is O=CC(=C1NCCN1Cc1ccc(Cl)nc1)[N+](=O)[O-]. The van der Waals surface area contributed by atoms with Crippen LogP contribution >= 0.6 is 11.6 Å². The van der Waals surface area contributed by atoms with Gasteiger partial charge in [-0.3, -0.25) is 14.9 Å². The number of carbonyl (C=O) groups excluding carboxylic acids is 1. The number of nitrogens with zero attached hydrogens (tertiary/aromatic N) is 3. The van der Waals surface area contributed by atoms with Crippen molar-refractivity contribution in [2.45, 2.75) is 6.54 Å². The van der Waals surface area contributed by atoms with Crippen LogP contribution in [0.15, 0.2) is 29.8 Å². The topological polar surface area (TPSA) is 88.4 Å². The van der Waals surface area contributed by atoms with E-state index in [0.717, 1.165) is 5.56 Å². The molecule has 2 heterocycles. The summed E-state index contributed by atoms with van der Waals surface area (Å²) < 4.78 is 0. The number of nitro groups is 1. The summed E-state index contributed by atoms with van der Waals surface area (Å²) in [5.41, 5.74) is 0.401. The first-order valence-electron chi connectivity index (χ1n) is 5.55. The number of hydrogen-bond donors (Lipinski definition) is 1. The minimum atomic E-state index is -0.687. The predicted octanol–water partition coefficient (Wildman–Crippen LogP) is 0.785. The second kappa shape index (κ2) is 5.66. The smallest absolute Gasteiger partial charge is 0.348 e. The summed E-state index contributed by atoms with van der Waals surface area (Å²) in [4.78, 5) is 26.6. The monoisotopic (exact) mass is 282 g/mol. The lowest BCUT2D eigenvalue weighted by Crippen LogP contribution is -2.24. The fourth-order valence-corrected chi connectivity index (χ4v) is 1.96. The standard InChI is InChI=1S/C11H11ClN4O3/c12-10-2-1-8(5-14-10)6-15-4-3-13-11(15)9(7-17)16(18)19/h1-2,5,7,13H,3-4,6H2. The van der Waals surface area contributed by atoms with Gasteiger partial charge < -0.3 is 10.2 Å². The van der Waals surface area contributed by atoms with Crippen molar-refractivity contribution in [1.29, 1.82) is 0 Å². The molecule has 0 bridgehead atoms. The van der Waals surface area contributed by atoms with Crippen LogP contribution in [0.4, 0.5) is 0 Å². The molecular formula is C11H11ClN4O3. The molecule has 1 aromatic heterocycles. The van der Waals surface area contributed by atoms with Gasteiger partial charge in [-0.2, -0.15) is 0 Å². The third-order valence-electron chi connectivity index (χ3n) is 2.70. The van der Waals surface area contributed by atoms with Gasteiger partial charge in [0.2, 0.25) is 6.29 Å². The van der Waals surface area contributed by atoms with Gasteiger partial charge in [-0.25, -0.2) is 4.98 Å². The van der Waals surface area contributed by atoms with E-state index in [9.17, 15) is 14.9 Å². The van der Waals surface area contributed by atoms with Gasteiger partial charge in [0.05, 0.1) is 4.92 Å². The molecule has 1 aromatic rings. The fraction of sp³-hybridized carbons (Fsp3) is 0.273. The summed E-state index contributed by atoms with van der Waals surface area (Å²) in [5.74, 6) is 0.245. The molecule has 0 radical (unpaired) electrons. The van der Waals surface area contributed by atoms with Crippen molar-refractivity contribution in [3.8, 4) is 0 Å². The molecule has 0 saturated carbocycles. The molecule has 100 valence electrons. The number of aldehydes is 1. The third kappa shape index (κ3) is 3.00. The van der Waals surface area contributed by atoms with E-state index in [1.165, 1.54) is 0 Å². The zero-order valence-corrected chi connectivity index (χ0v) is 10.6. The molecular weight excluding hydrogens is 272 g/mol. The Hall–Kier alpha value is -2.15. The summed E-state index contributed by atoms with van der Waals surface area (Å²) >= 11 is 5.69. The molecule has 0 amide bonds. The molecule has 0 spiro atoms. The molecule has 1 aliphatic rings. The third-order valence-corrected chi connectivity index (χ3v) is 2.93. The number of hydrogen-bond acceptors (Lipinski definition) is 6. The Kier molecular flexibility index (Phi) is 3.96. The number of aromatic nitrogens is 1. The van der Waals surface area contributed by atoms with Crippen LogP contribution in [0.1, 0.15) is 5.56 Å². The summed E-state index contributed by atoms with van der Waals surface area (Å²) in [7, 11) is 0. The van der Waals surface area contributed by atoms with Gasteiger partial charge in [-0.1, -0.05) is 17.7 Å². The first-order chi connectivity index (χ1) is 9.11. The molecule has 1 N–H and O–H groups in total. The average Bonchev–Trinajstić information content (AvgIpc) is 2.81. The van der Waals surface area contributed by atoms with Crippen LogP contribution in [0.5, 0.6) is 0 Å². The fourth-order valence-electron chi connectivity index (χ4n) is 1.85. The van der Waals surface area contributed by atoms with Gasteiger partial charge >= 0.3 is 5.70 Å². The van der Waals surface area contributed by atoms with Crippen molar-refractivity contribution in [1.82, 2.24) is 15.2 Å². The molecule has 0 unspecified atom stereocenters. The Morgan fingerprint density at radius 2 is 2.42 bits per heavy atom. The Bertz CT molecular complexity index is 529. The van der Waals surface area contributed by atoms with Crippen molar-refractivity contribution in [2.24, 2.45) is 0 Å². The van der Waals surface area contributed by atoms with Gasteiger partial charge in [-0.05, 0) is 11.6 Å². The lowest BCUT2D eigenvalue weighted by Gasteiger charge is -2.17. The largest absolute Gasteiger partial charge is 0.364 e. The Labute approximate surface area is 114 Å². The van der Waals surface area contributed by atoms with Crippen molar-refractivity contribution in [3.63, 3.8) is 0 Å². The highest BCUT2D eigenvalue weighted by atomic mass is 35.5.